The van der Waals surface area contributed by atoms with Gasteiger partial charge in [0.25, 0.3) is 5.91 Å². The largest absolute Gasteiger partial charge is 0.396 e. The molecule has 0 saturated heterocycles. The summed E-state index contributed by atoms with van der Waals surface area (Å²) >= 11 is 3.40. The lowest BCUT2D eigenvalue weighted by Crippen LogP contribution is -2.13. The highest BCUT2D eigenvalue weighted by molar-refractivity contribution is 9.10. The number of aliphatic hydroxyl groups is 1. The summed E-state index contributed by atoms with van der Waals surface area (Å²) in [4.78, 5) is 12.3. The van der Waals surface area contributed by atoms with Gasteiger partial charge < -0.3 is 10.4 Å². The summed E-state index contributed by atoms with van der Waals surface area (Å²) in [6.07, 6.45) is 1.52. The number of hydrogen-bond acceptors (Lipinski definition) is 2. The fraction of sp³-hybridized carbons (Fsp3) is 0.235. The van der Waals surface area contributed by atoms with Crippen LogP contribution >= 0.6 is 15.9 Å². The third-order valence-corrected chi connectivity index (χ3v) is 3.87. The third kappa shape index (κ3) is 4.41. The highest BCUT2D eigenvalue weighted by Gasteiger charge is 2.10. The molecule has 0 radical (unpaired) electrons. The minimum Gasteiger partial charge on any atom is -0.396 e. The highest BCUT2D eigenvalue weighted by Crippen LogP contribution is 2.20. The molecule has 0 unspecified atom stereocenters. The lowest BCUT2D eigenvalue weighted by molar-refractivity contribution is 0.102. The number of aliphatic hydroxyl groups excluding tert-OH is 1. The second kappa shape index (κ2) is 7.38. The molecule has 0 aliphatic rings. The average molecular weight is 348 g/mol. The Morgan fingerprint density at radius 1 is 1.24 bits per heavy atom. The lowest BCUT2D eigenvalue weighted by Gasteiger charge is -2.09. The molecular weight excluding hydrogens is 330 g/mol. The van der Waals surface area contributed by atoms with Crippen molar-refractivity contribution in [1.29, 1.82) is 0 Å². The first-order chi connectivity index (χ1) is 10.1. The van der Waals surface area contributed by atoms with Crippen LogP contribution in [0.15, 0.2) is 46.9 Å². The first-order valence-corrected chi connectivity index (χ1v) is 7.67. The molecule has 21 heavy (non-hydrogen) atoms. The maximum atomic E-state index is 12.3. The Morgan fingerprint density at radius 3 is 2.81 bits per heavy atom. The minimum atomic E-state index is -0.134. The van der Waals surface area contributed by atoms with Gasteiger partial charge in [-0.2, -0.15) is 0 Å². The number of amides is 1. The molecule has 1 amide bonds. The van der Waals surface area contributed by atoms with E-state index in [1.165, 1.54) is 0 Å². The average Bonchev–Trinajstić information content (AvgIpc) is 2.48. The van der Waals surface area contributed by atoms with Gasteiger partial charge in [-0.1, -0.05) is 23.8 Å². The molecular formula is C17H18BrNO2. The molecule has 0 atom stereocenters. The van der Waals surface area contributed by atoms with Crippen molar-refractivity contribution < 1.29 is 9.90 Å². The molecule has 3 nitrogen and oxygen atoms in total. The van der Waals surface area contributed by atoms with E-state index in [-0.39, 0.29) is 12.5 Å². The zero-order valence-electron chi connectivity index (χ0n) is 11.9. The summed E-state index contributed by atoms with van der Waals surface area (Å²) in [6.45, 7) is 2.13. The van der Waals surface area contributed by atoms with E-state index < -0.39 is 0 Å². The van der Waals surface area contributed by atoms with E-state index in [1.54, 1.807) is 0 Å². The fourth-order valence-electron chi connectivity index (χ4n) is 2.10. The Labute approximate surface area is 133 Å². The van der Waals surface area contributed by atoms with Crippen LogP contribution in [0.4, 0.5) is 5.69 Å². The van der Waals surface area contributed by atoms with E-state index in [0.717, 1.165) is 34.1 Å². The molecule has 4 heteroatoms. The molecule has 2 rings (SSSR count). The summed E-state index contributed by atoms with van der Waals surface area (Å²) in [7, 11) is 0. The van der Waals surface area contributed by atoms with Crippen molar-refractivity contribution in [2.24, 2.45) is 0 Å². The maximum absolute atomic E-state index is 12.3. The van der Waals surface area contributed by atoms with Crippen molar-refractivity contribution in [3.63, 3.8) is 0 Å². The van der Waals surface area contributed by atoms with Gasteiger partial charge in [0.2, 0.25) is 0 Å². The highest BCUT2D eigenvalue weighted by atomic mass is 79.9. The Morgan fingerprint density at radius 2 is 2.05 bits per heavy atom. The summed E-state index contributed by atoms with van der Waals surface area (Å²) in [6, 6.07) is 13.4. The van der Waals surface area contributed by atoms with Crippen molar-refractivity contribution >= 4 is 27.5 Å². The molecule has 0 saturated carbocycles. The number of aryl methyl sites for hydroxylation is 2. The molecule has 2 aromatic rings. The van der Waals surface area contributed by atoms with Crippen LogP contribution in [0.3, 0.4) is 0 Å². The van der Waals surface area contributed by atoms with Gasteiger partial charge in [-0.25, -0.2) is 0 Å². The number of carbonyl (C=O) groups excluding carboxylic acids is 1. The van der Waals surface area contributed by atoms with Crippen LogP contribution in [0.2, 0.25) is 0 Å². The van der Waals surface area contributed by atoms with Crippen LogP contribution < -0.4 is 5.32 Å². The number of halogens is 1. The van der Waals surface area contributed by atoms with Crippen LogP contribution in [-0.4, -0.2) is 17.6 Å². The number of anilines is 1. The van der Waals surface area contributed by atoms with Gasteiger partial charge in [0.15, 0.2) is 0 Å². The predicted molar refractivity (Wildman–Crippen MR) is 88.7 cm³/mol. The number of carbonyl (C=O) groups is 1. The Kier molecular flexibility index (Phi) is 5.53. The van der Waals surface area contributed by atoms with E-state index >= 15 is 0 Å². The topological polar surface area (TPSA) is 49.3 Å². The second-order valence-electron chi connectivity index (χ2n) is 4.96. The molecule has 0 aliphatic carbocycles. The SMILES string of the molecule is Cc1ccc(Br)c(C(=O)Nc2cccc(CCCO)c2)c1. The molecule has 2 N–H and O–H groups in total. The predicted octanol–water partition coefficient (Wildman–Crippen LogP) is 3.93. The van der Waals surface area contributed by atoms with Gasteiger partial charge in [0.05, 0.1) is 5.56 Å². The van der Waals surface area contributed by atoms with E-state index in [9.17, 15) is 4.79 Å². The summed E-state index contributed by atoms with van der Waals surface area (Å²) in [5.74, 6) is -0.134. The number of rotatable bonds is 5. The van der Waals surface area contributed by atoms with Crippen molar-refractivity contribution in [3.8, 4) is 0 Å². The Balaban J connectivity index is 2.14. The van der Waals surface area contributed by atoms with Gasteiger partial charge in [-0.15, -0.1) is 0 Å². The van der Waals surface area contributed by atoms with Crippen LogP contribution in [0, 0.1) is 6.92 Å². The molecule has 2 aromatic carbocycles. The molecule has 0 aliphatic heterocycles. The van der Waals surface area contributed by atoms with Gasteiger partial charge in [-0.3, -0.25) is 4.79 Å². The Hall–Kier alpha value is -1.65. The van der Waals surface area contributed by atoms with Crippen LogP contribution in [0.25, 0.3) is 0 Å². The van der Waals surface area contributed by atoms with E-state index in [2.05, 4.69) is 21.2 Å². The summed E-state index contributed by atoms with van der Waals surface area (Å²) in [5, 5.41) is 11.8. The minimum absolute atomic E-state index is 0.134. The zero-order valence-corrected chi connectivity index (χ0v) is 13.5. The van der Waals surface area contributed by atoms with Crippen molar-refractivity contribution in [2.75, 3.05) is 11.9 Å². The Bertz CT molecular complexity index is 640. The van der Waals surface area contributed by atoms with Gasteiger partial charge >= 0.3 is 0 Å². The molecule has 0 fully saturated rings. The fourth-order valence-corrected chi connectivity index (χ4v) is 2.53. The van der Waals surface area contributed by atoms with E-state index in [0.29, 0.717) is 5.56 Å². The second-order valence-corrected chi connectivity index (χ2v) is 5.82. The first kappa shape index (κ1) is 15.7. The standard InChI is InChI=1S/C17H18BrNO2/c1-12-7-8-16(18)15(10-12)17(21)19-14-6-2-4-13(11-14)5-3-9-20/h2,4,6-8,10-11,20H,3,5,9H2,1H3,(H,19,21). The summed E-state index contributed by atoms with van der Waals surface area (Å²) < 4.78 is 0.780. The van der Waals surface area contributed by atoms with Crippen LogP contribution in [0.1, 0.15) is 27.9 Å². The van der Waals surface area contributed by atoms with Crippen molar-refractivity contribution in [2.45, 2.75) is 19.8 Å². The van der Waals surface area contributed by atoms with Gasteiger partial charge in [0.1, 0.15) is 0 Å². The van der Waals surface area contributed by atoms with E-state index in [1.807, 2.05) is 49.4 Å². The van der Waals surface area contributed by atoms with Gasteiger partial charge in [-0.05, 0) is 65.5 Å². The van der Waals surface area contributed by atoms with E-state index in [4.69, 9.17) is 5.11 Å². The number of nitrogens with one attached hydrogen (secondary N) is 1. The molecule has 0 spiro atoms. The maximum Gasteiger partial charge on any atom is 0.256 e. The smallest absolute Gasteiger partial charge is 0.256 e. The number of benzene rings is 2. The summed E-state index contributed by atoms with van der Waals surface area (Å²) in [5.41, 5.74) is 3.53. The zero-order chi connectivity index (χ0) is 15.2. The quantitative estimate of drug-likeness (QED) is 0.860. The molecule has 0 bridgehead atoms. The monoisotopic (exact) mass is 347 g/mol. The molecule has 0 aromatic heterocycles. The van der Waals surface area contributed by atoms with Crippen LogP contribution in [0.5, 0.6) is 0 Å². The van der Waals surface area contributed by atoms with Crippen molar-refractivity contribution in [1.82, 2.24) is 0 Å². The van der Waals surface area contributed by atoms with Crippen molar-refractivity contribution in [3.05, 3.63) is 63.6 Å². The van der Waals surface area contributed by atoms with Crippen LogP contribution in [-0.2, 0) is 6.42 Å². The molecule has 110 valence electrons. The normalized spacial score (nSPS) is 10.4. The third-order valence-electron chi connectivity index (χ3n) is 3.17. The molecule has 0 heterocycles. The lowest BCUT2D eigenvalue weighted by atomic mass is 10.1. The van der Waals surface area contributed by atoms with Gasteiger partial charge in [0, 0.05) is 16.8 Å². The first-order valence-electron chi connectivity index (χ1n) is 6.87. The number of hydrogen-bond donors (Lipinski definition) is 2.